The molecule has 0 radical (unpaired) electrons. The first-order chi connectivity index (χ1) is 8.84. The van der Waals surface area contributed by atoms with Gasteiger partial charge in [-0.25, -0.2) is 0 Å². The molecule has 1 fully saturated rings. The van der Waals surface area contributed by atoms with E-state index in [9.17, 15) is 13.2 Å². The topological polar surface area (TPSA) is 95.9 Å². The molecule has 0 aromatic carbocycles. The minimum Gasteiger partial charge on any atom is -0.480 e. The molecule has 0 aromatic heterocycles. The van der Waals surface area contributed by atoms with Gasteiger partial charge in [0.1, 0.15) is 6.04 Å². The highest BCUT2D eigenvalue weighted by Crippen LogP contribution is 2.19. The van der Waals surface area contributed by atoms with Crippen LogP contribution in [-0.4, -0.2) is 55.6 Å². The van der Waals surface area contributed by atoms with Crippen LogP contribution in [0.5, 0.6) is 0 Å². The molecule has 1 atom stereocenters. The lowest BCUT2D eigenvalue weighted by Crippen LogP contribution is -2.52. The zero-order chi connectivity index (χ0) is 14.5. The Morgan fingerprint density at radius 3 is 2.74 bits per heavy atom. The third-order valence-electron chi connectivity index (χ3n) is 2.89. The van der Waals surface area contributed by atoms with Crippen molar-refractivity contribution in [2.75, 3.05) is 19.7 Å². The molecule has 1 heterocycles. The van der Waals surface area contributed by atoms with Crippen LogP contribution in [0.15, 0.2) is 0 Å². The predicted molar refractivity (Wildman–Crippen MR) is 70.0 cm³/mol. The highest BCUT2D eigenvalue weighted by Gasteiger charge is 2.36. The van der Waals surface area contributed by atoms with E-state index < -0.39 is 22.2 Å². The minimum absolute atomic E-state index is 0.0336. The molecule has 8 heteroatoms. The van der Waals surface area contributed by atoms with E-state index >= 15 is 0 Å². The van der Waals surface area contributed by atoms with Gasteiger partial charge in [0, 0.05) is 13.1 Å². The number of nitrogens with one attached hydrogen (secondary N) is 1. The van der Waals surface area contributed by atoms with E-state index in [1.54, 1.807) is 0 Å². The van der Waals surface area contributed by atoms with Crippen molar-refractivity contribution in [2.45, 2.75) is 45.3 Å². The Kier molecular flexibility index (Phi) is 6.18. The van der Waals surface area contributed by atoms with Gasteiger partial charge in [-0.1, -0.05) is 0 Å². The Bertz CT molecular complexity index is 396. The molecule has 1 unspecified atom stereocenters. The molecule has 0 aromatic rings. The average Bonchev–Trinajstić information content (AvgIpc) is 2.34. The van der Waals surface area contributed by atoms with Crippen molar-refractivity contribution in [3.63, 3.8) is 0 Å². The van der Waals surface area contributed by atoms with Crippen molar-refractivity contribution in [1.29, 1.82) is 0 Å². The lowest BCUT2D eigenvalue weighted by atomic mass is 10.1. The van der Waals surface area contributed by atoms with E-state index in [0.717, 1.165) is 10.7 Å². The molecule has 1 aliphatic rings. The number of hydrogen-bond acceptors (Lipinski definition) is 4. The van der Waals surface area contributed by atoms with Crippen molar-refractivity contribution < 1.29 is 23.1 Å². The Morgan fingerprint density at radius 2 is 2.16 bits per heavy atom. The summed E-state index contributed by atoms with van der Waals surface area (Å²) < 4.78 is 32.7. The fourth-order valence-corrected chi connectivity index (χ4v) is 3.39. The fourth-order valence-electron chi connectivity index (χ4n) is 1.99. The van der Waals surface area contributed by atoms with Crippen LogP contribution in [0.3, 0.4) is 0 Å². The molecule has 1 saturated heterocycles. The number of hydrogen-bond donors (Lipinski definition) is 2. The first kappa shape index (κ1) is 16.4. The van der Waals surface area contributed by atoms with Gasteiger partial charge in [-0.05, 0) is 33.1 Å². The number of carboxylic acid groups (broad SMARTS) is 1. The van der Waals surface area contributed by atoms with Crippen LogP contribution >= 0.6 is 0 Å². The summed E-state index contributed by atoms with van der Waals surface area (Å²) in [6.45, 7) is 4.38. The maximum absolute atomic E-state index is 12.0. The maximum atomic E-state index is 12.0. The second kappa shape index (κ2) is 7.18. The van der Waals surface area contributed by atoms with Gasteiger partial charge in [-0.2, -0.15) is 17.4 Å². The fraction of sp³-hybridized carbons (Fsp3) is 0.909. The molecular weight excluding hydrogens is 272 g/mol. The number of rotatable bonds is 7. The molecule has 7 nitrogen and oxygen atoms in total. The smallest absolute Gasteiger partial charge is 0.322 e. The SMILES string of the molecule is CC(C)OCCNS(=O)(=O)N1CCCCC1C(=O)O. The van der Waals surface area contributed by atoms with Gasteiger partial charge in [-0.15, -0.1) is 0 Å². The lowest BCUT2D eigenvalue weighted by molar-refractivity contribution is -0.142. The van der Waals surface area contributed by atoms with E-state index in [1.807, 2.05) is 13.8 Å². The zero-order valence-electron chi connectivity index (χ0n) is 11.3. The number of ether oxygens (including phenoxy) is 1. The van der Waals surface area contributed by atoms with E-state index in [4.69, 9.17) is 9.84 Å². The number of carbonyl (C=O) groups is 1. The number of nitrogens with zero attached hydrogens (tertiary/aromatic N) is 1. The first-order valence-electron chi connectivity index (χ1n) is 6.45. The zero-order valence-corrected chi connectivity index (χ0v) is 12.1. The van der Waals surface area contributed by atoms with Gasteiger partial charge in [0.15, 0.2) is 0 Å². The molecular formula is C11H22N2O5S. The van der Waals surface area contributed by atoms with E-state index in [2.05, 4.69) is 4.72 Å². The molecule has 0 spiro atoms. The van der Waals surface area contributed by atoms with Gasteiger partial charge in [0.05, 0.1) is 12.7 Å². The predicted octanol–water partition coefficient (Wildman–Crippen LogP) is 0.185. The average molecular weight is 294 g/mol. The summed E-state index contributed by atoms with van der Waals surface area (Å²) in [4.78, 5) is 11.1. The molecule has 0 saturated carbocycles. The van der Waals surface area contributed by atoms with Gasteiger partial charge >= 0.3 is 5.97 Å². The van der Waals surface area contributed by atoms with Crippen LogP contribution in [-0.2, 0) is 19.7 Å². The molecule has 19 heavy (non-hydrogen) atoms. The van der Waals surface area contributed by atoms with Crippen LogP contribution in [0, 0.1) is 0 Å². The molecule has 1 rings (SSSR count). The number of aliphatic carboxylic acids is 1. The van der Waals surface area contributed by atoms with Crippen molar-refractivity contribution >= 4 is 16.2 Å². The van der Waals surface area contributed by atoms with E-state index in [0.29, 0.717) is 12.8 Å². The monoisotopic (exact) mass is 294 g/mol. The second-order valence-electron chi connectivity index (χ2n) is 4.78. The highest BCUT2D eigenvalue weighted by atomic mass is 32.2. The number of carboxylic acids is 1. The van der Waals surface area contributed by atoms with Gasteiger partial charge in [0.2, 0.25) is 0 Å². The van der Waals surface area contributed by atoms with Crippen LogP contribution < -0.4 is 4.72 Å². The largest absolute Gasteiger partial charge is 0.480 e. The van der Waals surface area contributed by atoms with Crippen LogP contribution in [0.25, 0.3) is 0 Å². The molecule has 0 amide bonds. The van der Waals surface area contributed by atoms with Crippen molar-refractivity contribution in [3.8, 4) is 0 Å². The summed E-state index contributed by atoms with van der Waals surface area (Å²) in [6, 6.07) is -0.961. The first-order valence-corrected chi connectivity index (χ1v) is 7.89. The number of piperidine rings is 1. The third-order valence-corrected chi connectivity index (χ3v) is 4.51. The van der Waals surface area contributed by atoms with E-state index in [-0.39, 0.29) is 25.8 Å². The summed E-state index contributed by atoms with van der Waals surface area (Å²) in [5.74, 6) is -1.09. The van der Waals surface area contributed by atoms with Crippen LogP contribution in [0.1, 0.15) is 33.1 Å². The van der Waals surface area contributed by atoms with E-state index in [1.165, 1.54) is 0 Å². The van der Waals surface area contributed by atoms with Gasteiger partial charge < -0.3 is 9.84 Å². The minimum atomic E-state index is -3.75. The third kappa shape index (κ3) is 5.06. The Hall–Kier alpha value is -0.700. The van der Waals surface area contributed by atoms with Crippen LogP contribution in [0.4, 0.5) is 0 Å². The van der Waals surface area contributed by atoms with Crippen molar-refractivity contribution in [2.24, 2.45) is 0 Å². The normalized spacial score (nSPS) is 21.7. The second-order valence-corrected chi connectivity index (χ2v) is 6.49. The quantitative estimate of drug-likeness (QED) is 0.653. The summed E-state index contributed by atoms with van der Waals surface area (Å²) >= 11 is 0. The standard InChI is InChI=1S/C11H22N2O5S/c1-9(2)18-8-6-12-19(16,17)13-7-4-3-5-10(13)11(14)15/h9-10,12H,3-8H2,1-2H3,(H,14,15). The highest BCUT2D eigenvalue weighted by molar-refractivity contribution is 7.87. The van der Waals surface area contributed by atoms with Crippen molar-refractivity contribution in [1.82, 2.24) is 9.03 Å². The molecule has 0 bridgehead atoms. The molecule has 2 N–H and O–H groups in total. The van der Waals surface area contributed by atoms with Crippen LogP contribution in [0.2, 0.25) is 0 Å². The Balaban J connectivity index is 2.56. The van der Waals surface area contributed by atoms with Crippen molar-refractivity contribution in [3.05, 3.63) is 0 Å². The summed E-state index contributed by atoms with van der Waals surface area (Å²) in [5.41, 5.74) is 0. The Morgan fingerprint density at radius 1 is 1.47 bits per heavy atom. The summed E-state index contributed by atoms with van der Waals surface area (Å²) in [6.07, 6.45) is 1.82. The molecule has 112 valence electrons. The summed E-state index contributed by atoms with van der Waals surface area (Å²) in [7, 11) is -3.75. The van der Waals surface area contributed by atoms with Gasteiger partial charge in [0.25, 0.3) is 10.2 Å². The maximum Gasteiger partial charge on any atom is 0.322 e. The molecule has 1 aliphatic heterocycles. The lowest BCUT2D eigenvalue weighted by Gasteiger charge is -2.31. The summed E-state index contributed by atoms with van der Waals surface area (Å²) in [5, 5.41) is 9.06. The molecule has 0 aliphatic carbocycles. The van der Waals surface area contributed by atoms with Gasteiger partial charge in [-0.3, -0.25) is 4.79 Å². The Labute approximate surface area is 114 Å².